The van der Waals surface area contributed by atoms with Gasteiger partial charge < -0.3 is 5.11 Å². The molecular formula is C9H6INO. The average Bonchev–Trinajstić information content (AvgIpc) is 2.03. The summed E-state index contributed by atoms with van der Waals surface area (Å²) in [7, 11) is 0. The molecule has 0 atom stereocenters. The van der Waals surface area contributed by atoms with Crippen molar-refractivity contribution >= 4 is 33.5 Å². The summed E-state index contributed by atoms with van der Waals surface area (Å²) in [5, 5.41) is 10.2. The number of nitrogens with zero attached hydrogens (tertiary/aromatic N) is 1. The van der Waals surface area contributed by atoms with Crippen LogP contribution in [0.1, 0.15) is 0 Å². The molecule has 2 rings (SSSR count). The minimum absolute atomic E-state index is 0.261. The number of fused-ring (bicyclic) bond motifs is 1. The molecule has 0 fully saturated rings. The third-order valence-corrected chi connectivity index (χ3v) is 2.24. The van der Waals surface area contributed by atoms with E-state index >= 15 is 0 Å². The summed E-state index contributed by atoms with van der Waals surface area (Å²) in [6, 6.07) is 9.12. The maximum atomic E-state index is 9.18. The molecular weight excluding hydrogens is 265 g/mol. The minimum Gasteiger partial charge on any atom is -0.508 e. The van der Waals surface area contributed by atoms with Gasteiger partial charge in [0.2, 0.25) is 0 Å². The fraction of sp³-hybridized carbons (Fsp3) is 0. The van der Waals surface area contributed by atoms with E-state index in [0.717, 1.165) is 14.6 Å². The lowest BCUT2D eigenvalue weighted by molar-refractivity contribution is 0.476. The van der Waals surface area contributed by atoms with Crippen molar-refractivity contribution in [2.24, 2.45) is 0 Å². The van der Waals surface area contributed by atoms with Gasteiger partial charge in [0.15, 0.2) is 0 Å². The molecule has 3 heteroatoms. The molecule has 60 valence electrons. The van der Waals surface area contributed by atoms with Crippen molar-refractivity contribution in [2.75, 3.05) is 0 Å². The second-order valence-electron chi connectivity index (χ2n) is 2.51. The number of benzene rings is 1. The molecule has 1 aromatic carbocycles. The highest BCUT2D eigenvalue weighted by Crippen LogP contribution is 2.18. The molecule has 0 aliphatic rings. The monoisotopic (exact) mass is 271 g/mol. The first-order valence-corrected chi connectivity index (χ1v) is 4.59. The molecule has 0 amide bonds. The van der Waals surface area contributed by atoms with Gasteiger partial charge >= 0.3 is 0 Å². The van der Waals surface area contributed by atoms with Crippen molar-refractivity contribution in [1.29, 1.82) is 0 Å². The number of phenols is 1. The third-order valence-electron chi connectivity index (χ3n) is 1.64. The Morgan fingerprint density at radius 1 is 1.17 bits per heavy atom. The Morgan fingerprint density at radius 3 is 2.75 bits per heavy atom. The van der Waals surface area contributed by atoms with Gasteiger partial charge in [-0.2, -0.15) is 0 Å². The molecule has 0 spiro atoms. The molecule has 0 bridgehead atoms. The van der Waals surface area contributed by atoms with Crippen LogP contribution in [0.3, 0.4) is 0 Å². The van der Waals surface area contributed by atoms with Crippen molar-refractivity contribution in [3.8, 4) is 5.75 Å². The molecule has 12 heavy (non-hydrogen) atoms. The second-order valence-corrected chi connectivity index (χ2v) is 3.62. The molecule has 0 saturated heterocycles. The fourth-order valence-corrected chi connectivity index (χ4v) is 1.52. The molecule has 1 N–H and O–H groups in total. The normalized spacial score (nSPS) is 10.4. The number of aromatic nitrogens is 1. The van der Waals surface area contributed by atoms with Crippen molar-refractivity contribution in [3.05, 3.63) is 34.0 Å². The van der Waals surface area contributed by atoms with Crippen LogP contribution in [0.5, 0.6) is 5.75 Å². The van der Waals surface area contributed by atoms with Gasteiger partial charge in [-0.1, -0.05) is 6.07 Å². The summed E-state index contributed by atoms with van der Waals surface area (Å²) < 4.78 is 0.936. The van der Waals surface area contributed by atoms with E-state index in [1.807, 2.05) is 18.2 Å². The molecule has 1 aromatic heterocycles. The van der Waals surface area contributed by atoms with E-state index in [0.29, 0.717) is 0 Å². The molecule has 1 heterocycles. The van der Waals surface area contributed by atoms with Gasteiger partial charge in [0, 0.05) is 11.5 Å². The molecule has 0 aliphatic carbocycles. The fourth-order valence-electron chi connectivity index (χ4n) is 1.08. The lowest BCUT2D eigenvalue weighted by atomic mass is 10.2. The smallest absolute Gasteiger partial charge is 0.117 e. The van der Waals surface area contributed by atoms with Crippen molar-refractivity contribution in [3.63, 3.8) is 0 Å². The number of halogens is 1. The summed E-state index contributed by atoms with van der Waals surface area (Å²) in [5.74, 6) is 0.261. The SMILES string of the molecule is Oc1ccc2ccc(I)nc2c1. The van der Waals surface area contributed by atoms with Crippen LogP contribution in [0.2, 0.25) is 0 Å². The maximum absolute atomic E-state index is 9.18. The van der Waals surface area contributed by atoms with Gasteiger partial charge in [0.05, 0.1) is 5.52 Å². The van der Waals surface area contributed by atoms with Gasteiger partial charge in [0.1, 0.15) is 9.45 Å². The van der Waals surface area contributed by atoms with E-state index in [9.17, 15) is 5.11 Å². The Kier molecular flexibility index (Phi) is 1.88. The second kappa shape index (κ2) is 2.90. The molecule has 0 unspecified atom stereocenters. The van der Waals surface area contributed by atoms with Crippen LogP contribution in [0.25, 0.3) is 10.9 Å². The number of rotatable bonds is 0. The highest BCUT2D eigenvalue weighted by atomic mass is 127. The Balaban J connectivity index is 2.80. The Bertz CT molecular complexity index is 391. The summed E-state index contributed by atoms with van der Waals surface area (Å²) >= 11 is 2.15. The first-order chi connectivity index (χ1) is 5.75. The Morgan fingerprint density at radius 2 is 1.92 bits per heavy atom. The predicted octanol–water partition coefficient (Wildman–Crippen LogP) is 2.55. The number of pyridine rings is 1. The van der Waals surface area contributed by atoms with Crippen LogP contribution < -0.4 is 0 Å². The molecule has 0 saturated carbocycles. The summed E-state index contributed by atoms with van der Waals surface area (Å²) in [6.07, 6.45) is 0. The average molecular weight is 271 g/mol. The lowest BCUT2D eigenvalue weighted by Crippen LogP contribution is -1.81. The number of aromatic hydroxyl groups is 1. The minimum atomic E-state index is 0.261. The van der Waals surface area contributed by atoms with Crippen LogP contribution in [0.15, 0.2) is 30.3 Å². The van der Waals surface area contributed by atoms with E-state index in [1.165, 1.54) is 0 Å². The number of hydrogen-bond donors (Lipinski definition) is 1. The van der Waals surface area contributed by atoms with E-state index in [1.54, 1.807) is 12.1 Å². The number of phenolic OH excluding ortho intramolecular Hbond substituents is 1. The van der Waals surface area contributed by atoms with E-state index in [-0.39, 0.29) is 5.75 Å². The summed E-state index contributed by atoms with van der Waals surface area (Å²) in [4.78, 5) is 4.26. The zero-order valence-electron chi connectivity index (χ0n) is 6.16. The highest BCUT2D eigenvalue weighted by molar-refractivity contribution is 14.1. The molecule has 2 aromatic rings. The Labute approximate surface area is 83.4 Å². The van der Waals surface area contributed by atoms with Crippen molar-refractivity contribution in [2.45, 2.75) is 0 Å². The van der Waals surface area contributed by atoms with Gasteiger partial charge in [-0.05, 0) is 40.8 Å². The van der Waals surface area contributed by atoms with Crippen LogP contribution >= 0.6 is 22.6 Å². The standard InChI is InChI=1S/C9H6INO/c10-9-4-2-6-1-3-7(12)5-8(6)11-9/h1-5,12H. The first kappa shape index (κ1) is 7.79. The van der Waals surface area contributed by atoms with E-state index in [2.05, 4.69) is 27.6 Å². The maximum Gasteiger partial charge on any atom is 0.117 e. The van der Waals surface area contributed by atoms with Crippen molar-refractivity contribution in [1.82, 2.24) is 4.98 Å². The predicted molar refractivity (Wildman–Crippen MR) is 56.1 cm³/mol. The first-order valence-electron chi connectivity index (χ1n) is 3.51. The third kappa shape index (κ3) is 1.36. The van der Waals surface area contributed by atoms with Gasteiger partial charge in [0.25, 0.3) is 0 Å². The number of hydrogen-bond acceptors (Lipinski definition) is 2. The quantitative estimate of drug-likeness (QED) is 0.590. The van der Waals surface area contributed by atoms with E-state index < -0.39 is 0 Å². The van der Waals surface area contributed by atoms with Gasteiger partial charge in [-0.15, -0.1) is 0 Å². The zero-order chi connectivity index (χ0) is 8.55. The molecule has 2 nitrogen and oxygen atoms in total. The van der Waals surface area contributed by atoms with E-state index in [4.69, 9.17) is 0 Å². The van der Waals surface area contributed by atoms with Crippen LogP contribution in [-0.2, 0) is 0 Å². The Hall–Kier alpha value is -0.840. The van der Waals surface area contributed by atoms with Crippen molar-refractivity contribution < 1.29 is 5.11 Å². The van der Waals surface area contributed by atoms with Gasteiger partial charge in [-0.3, -0.25) is 0 Å². The zero-order valence-corrected chi connectivity index (χ0v) is 8.32. The van der Waals surface area contributed by atoms with Crippen LogP contribution in [-0.4, -0.2) is 10.1 Å². The molecule has 0 radical (unpaired) electrons. The lowest BCUT2D eigenvalue weighted by Gasteiger charge is -1.97. The van der Waals surface area contributed by atoms with Crippen LogP contribution in [0.4, 0.5) is 0 Å². The molecule has 0 aliphatic heterocycles. The summed E-state index contributed by atoms with van der Waals surface area (Å²) in [5.41, 5.74) is 0.835. The highest BCUT2D eigenvalue weighted by Gasteiger charge is 1.96. The van der Waals surface area contributed by atoms with Crippen LogP contribution in [0, 0.1) is 3.70 Å². The largest absolute Gasteiger partial charge is 0.508 e. The summed E-state index contributed by atoms with van der Waals surface area (Å²) in [6.45, 7) is 0. The topological polar surface area (TPSA) is 33.1 Å². The van der Waals surface area contributed by atoms with Gasteiger partial charge in [-0.25, -0.2) is 4.98 Å².